The quantitative estimate of drug-likeness (QED) is 0.389. The van der Waals surface area contributed by atoms with E-state index in [0.29, 0.717) is 23.9 Å². The van der Waals surface area contributed by atoms with Crippen molar-refractivity contribution in [2.45, 2.75) is 6.54 Å². The van der Waals surface area contributed by atoms with Crippen molar-refractivity contribution >= 4 is 34.9 Å². The minimum absolute atomic E-state index is 0.349. The number of halogens is 2. The average molecular weight is 464 g/mol. The minimum atomic E-state index is -1.10. The van der Waals surface area contributed by atoms with Crippen LogP contribution in [0.2, 0.25) is 0 Å². The molecule has 2 aromatic heterocycles. The molecular formula is C24H18F2N4O2S. The zero-order chi connectivity index (χ0) is 23.4. The number of primary amides is 1. The molecular weight excluding hydrogens is 446 g/mol. The number of benzene rings is 2. The number of hydrogen-bond acceptors (Lipinski definition) is 4. The SMILES string of the molecule is NC(=O)c1cc(NC(=O)/C=C/c2cn(Cc3ccccc3)nc2-c2cccs2)c(F)cc1F. The van der Waals surface area contributed by atoms with Crippen molar-refractivity contribution in [2.75, 3.05) is 5.32 Å². The third kappa shape index (κ3) is 5.21. The number of thiophene rings is 1. The third-order valence-corrected chi connectivity index (χ3v) is 5.60. The molecule has 9 heteroatoms. The van der Waals surface area contributed by atoms with E-state index in [-0.39, 0.29) is 5.69 Å². The molecule has 2 aromatic carbocycles. The van der Waals surface area contributed by atoms with E-state index in [1.54, 1.807) is 10.8 Å². The highest BCUT2D eigenvalue weighted by atomic mass is 32.1. The van der Waals surface area contributed by atoms with Crippen LogP contribution in [0.5, 0.6) is 0 Å². The van der Waals surface area contributed by atoms with Gasteiger partial charge in [0.05, 0.1) is 22.7 Å². The van der Waals surface area contributed by atoms with Crippen molar-refractivity contribution < 1.29 is 18.4 Å². The Bertz CT molecular complexity index is 1330. The fourth-order valence-electron chi connectivity index (χ4n) is 3.19. The molecule has 0 aliphatic carbocycles. The summed E-state index contributed by atoms with van der Waals surface area (Å²) in [7, 11) is 0. The molecule has 33 heavy (non-hydrogen) atoms. The summed E-state index contributed by atoms with van der Waals surface area (Å²) in [6, 6.07) is 15.0. The molecule has 2 amide bonds. The number of anilines is 1. The summed E-state index contributed by atoms with van der Waals surface area (Å²) in [5.41, 5.74) is 6.69. The molecule has 0 radical (unpaired) electrons. The number of aromatic nitrogens is 2. The Morgan fingerprint density at radius 3 is 2.58 bits per heavy atom. The first-order valence-electron chi connectivity index (χ1n) is 9.84. The van der Waals surface area contributed by atoms with Gasteiger partial charge in [-0.1, -0.05) is 36.4 Å². The number of rotatable bonds is 7. The standard InChI is InChI=1S/C24H18F2N4O2S/c25-18-12-19(26)20(11-17(18)24(27)32)28-22(31)9-8-16-14-30(13-15-5-2-1-3-6-15)29-23(16)21-7-4-10-33-21/h1-12,14H,13H2,(H2,27,32)(H,28,31)/b9-8+. The van der Waals surface area contributed by atoms with Gasteiger partial charge in [0.1, 0.15) is 17.3 Å². The normalized spacial score (nSPS) is 11.1. The maximum Gasteiger partial charge on any atom is 0.251 e. The zero-order valence-corrected chi connectivity index (χ0v) is 18.0. The van der Waals surface area contributed by atoms with E-state index < -0.39 is 29.0 Å². The van der Waals surface area contributed by atoms with Crippen LogP contribution in [0.3, 0.4) is 0 Å². The topological polar surface area (TPSA) is 90.0 Å². The lowest BCUT2D eigenvalue weighted by molar-refractivity contribution is -0.111. The van der Waals surface area contributed by atoms with E-state index in [1.807, 2.05) is 54.0 Å². The summed E-state index contributed by atoms with van der Waals surface area (Å²) in [4.78, 5) is 24.6. The molecule has 0 spiro atoms. The summed E-state index contributed by atoms with van der Waals surface area (Å²) in [5.74, 6) is -3.84. The van der Waals surface area contributed by atoms with E-state index in [9.17, 15) is 18.4 Å². The Morgan fingerprint density at radius 2 is 1.88 bits per heavy atom. The molecule has 0 aliphatic heterocycles. The van der Waals surface area contributed by atoms with Gasteiger partial charge in [0.25, 0.3) is 5.91 Å². The highest BCUT2D eigenvalue weighted by Crippen LogP contribution is 2.28. The summed E-state index contributed by atoms with van der Waals surface area (Å²) in [6.45, 7) is 0.552. The summed E-state index contributed by atoms with van der Waals surface area (Å²) in [6.07, 6.45) is 4.60. The van der Waals surface area contributed by atoms with Crippen LogP contribution in [-0.2, 0) is 11.3 Å². The van der Waals surface area contributed by atoms with Gasteiger partial charge in [-0.25, -0.2) is 8.78 Å². The monoisotopic (exact) mass is 464 g/mol. The Kier molecular flexibility index (Phi) is 6.41. The van der Waals surface area contributed by atoms with E-state index >= 15 is 0 Å². The Hall–Kier alpha value is -4.11. The van der Waals surface area contributed by atoms with Gasteiger partial charge in [-0.15, -0.1) is 11.3 Å². The molecule has 0 aliphatic rings. The van der Waals surface area contributed by atoms with E-state index in [1.165, 1.54) is 17.4 Å². The van der Waals surface area contributed by atoms with Gasteiger partial charge < -0.3 is 11.1 Å². The third-order valence-electron chi connectivity index (χ3n) is 4.73. The smallest absolute Gasteiger partial charge is 0.251 e. The molecule has 3 N–H and O–H groups in total. The van der Waals surface area contributed by atoms with Crippen molar-refractivity contribution in [1.29, 1.82) is 0 Å². The van der Waals surface area contributed by atoms with E-state index in [2.05, 4.69) is 10.4 Å². The number of nitrogens with two attached hydrogens (primary N) is 1. The number of nitrogens with zero attached hydrogens (tertiary/aromatic N) is 2. The highest BCUT2D eigenvalue weighted by molar-refractivity contribution is 7.13. The lowest BCUT2D eigenvalue weighted by Gasteiger charge is -2.06. The zero-order valence-electron chi connectivity index (χ0n) is 17.2. The van der Waals surface area contributed by atoms with Gasteiger partial charge in [-0.05, 0) is 29.2 Å². The van der Waals surface area contributed by atoms with Crippen LogP contribution < -0.4 is 11.1 Å². The molecule has 0 bridgehead atoms. The van der Waals surface area contributed by atoms with Gasteiger partial charge in [-0.3, -0.25) is 14.3 Å². The number of carbonyl (C=O) groups is 2. The predicted molar refractivity (Wildman–Crippen MR) is 124 cm³/mol. The van der Waals surface area contributed by atoms with Crippen molar-refractivity contribution in [2.24, 2.45) is 5.73 Å². The Balaban J connectivity index is 1.58. The average Bonchev–Trinajstić information content (AvgIpc) is 3.44. The number of nitrogens with one attached hydrogen (secondary N) is 1. The van der Waals surface area contributed by atoms with Crippen molar-refractivity contribution in [3.63, 3.8) is 0 Å². The van der Waals surface area contributed by atoms with E-state index in [4.69, 9.17) is 5.73 Å². The van der Waals surface area contributed by atoms with Gasteiger partial charge in [0.2, 0.25) is 5.91 Å². The predicted octanol–water partition coefficient (Wildman–Crippen LogP) is 4.69. The molecule has 2 heterocycles. The maximum absolute atomic E-state index is 14.0. The summed E-state index contributed by atoms with van der Waals surface area (Å²) >= 11 is 1.52. The highest BCUT2D eigenvalue weighted by Gasteiger charge is 2.15. The molecule has 0 fully saturated rings. The molecule has 0 atom stereocenters. The molecule has 0 saturated carbocycles. The Morgan fingerprint density at radius 1 is 1.09 bits per heavy atom. The summed E-state index contributed by atoms with van der Waals surface area (Å²) in [5, 5.41) is 8.89. The van der Waals surface area contributed by atoms with Crippen molar-refractivity contribution in [1.82, 2.24) is 9.78 Å². The molecule has 0 unspecified atom stereocenters. The molecule has 4 aromatic rings. The van der Waals surface area contributed by atoms with Gasteiger partial charge >= 0.3 is 0 Å². The molecule has 166 valence electrons. The molecule has 0 saturated heterocycles. The first-order chi connectivity index (χ1) is 15.9. The van der Waals surface area contributed by atoms with Crippen LogP contribution >= 0.6 is 11.3 Å². The first-order valence-corrected chi connectivity index (χ1v) is 10.7. The first kappa shape index (κ1) is 22.1. The minimum Gasteiger partial charge on any atom is -0.366 e. The van der Waals surface area contributed by atoms with Gasteiger partial charge in [0, 0.05) is 23.9 Å². The van der Waals surface area contributed by atoms with Crippen LogP contribution in [0.25, 0.3) is 16.6 Å². The fraction of sp³-hybridized carbons (Fsp3) is 0.0417. The lowest BCUT2D eigenvalue weighted by Crippen LogP contribution is -2.16. The second kappa shape index (κ2) is 9.58. The second-order valence-corrected chi connectivity index (χ2v) is 8.04. The lowest BCUT2D eigenvalue weighted by atomic mass is 10.1. The van der Waals surface area contributed by atoms with Crippen LogP contribution in [-0.4, -0.2) is 21.6 Å². The van der Waals surface area contributed by atoms with Crippen LogP contribution in [0.15, 0.2) is 72.3 Å². The van der Waals surface area contributed by atoms with E-state index in [0.717, 1.165) is 16.5 Å². The number of amides is 2. The maximum atomic E-state index is 14.0. The van der Waals surface area contributed by atoms with Crippen LogP contribution in [0.1, 0.15) is 21.5 Å². The van der Waals surface area contributed by atoms with Crippen LogP contribution in [0, 0.1) is 11.6 Å². The van der Waals surface area contributed by atoms with Gasteiger partial charge in [-0.2, -0.15) is 5.10 Å². The Labute approximate surface area is 192 Å². The van der Waals surface area contributed by atoms with Crippen molar-refractivity contribution in [3.05, 3.63) is 101 Å². The largest absolute Gasteiger partial charge is 0.366 e. The van der Waals surface area contributed by atoms with Gasteiger partial charge in [0.15, 0.2) is 0 Å². The molecule has 4 rings (SSSR count). The second-order valence-electron chi connectivity index (χ2n) is 7.09. The number of hydrogen-bond donors (Lipinski definition) is 2. The van der Waals surface area contributed by atoms with Crippen molar-refractivity contribution in [3.8, 4) is 10.6 Å². The van der Waals surface area contributed by atoms with Crippen LogP contribution in [0.4, 0.5) is 14.5 Å². The number of carbonyl (C=O) groups excluding carboxylic acids is 2. The fourth-order valence-corrected chi connectivity index (χ4v) is 3.92. The summed E-state index contributed by atoms with van der Waals surface area (Å²) < 4.78 is 29.5. The molecule has 6 nitrogen and oxygen atoms in total.